The molecule has 1 aromatic carbocycles. The lowest BCUT2D eigenvalue weighted by Gasteiger charge is -2.16. The molecule has 1 N–H and O–H groups in total. The molecule has 0 saturated heterocycles. The van der Waals surface area contributed by atoms with Gasteiger partial charge < -0.3 is 9.67 Å². The molecule has 94 valence electrons. The molecule has 1 heterocycles. The second-order valence-corrected chi connectivity index (χ2v) is 5.38. The standard InChI is InChI=1S/C15H16ClNO/c16-13-6-4-11(5-7-13)8-17-9-12-2-1-3-15(18)14(12)10-17/h4-7,9-10,15,18H,1-3,8H2. The third kappa shape index (κ3) is 2.31. The molecule has 0 fully saturated rings. The van der Waals surface area contributed by atoms with Crippen LogP contribution in [0.15, 0.2) is 36.7 Å². The van der Waals surface area contributed by atoms with Gasteiger partial charge in [0.2, 0.25) is 0 Å². The van der Waals surface area contributed by atoms with E-state index in [1.165, 1.54) is 11.1 Å². The molecule has 1 aliphatic rings. The molecule has 1 atom stereocenters. The van der Waals surface area contributed by atoms with E-state index < -0.39 is 0 Å². The van der Waals surface area contributed by atoms with Crippen LogP contribution in [0.3, 0.4) is 0 Å². The first-order chi connectivity index (χ1) is 8.72. The molecule has 3 rings (SSSR count). The fraction of sp³-hybridized carbons (Fsp3) is 0.333. The van der Waals surface area contributed by atoms with Crippen molar-refractivity contribution in [2.24, 2.45) is 0 Å². The normalized spacial score (nSPS) is 18.7. The molecular formula is C15H16ClNO. The van der Waals surface area contributed by atoms with Gasteiger partial charge in [0.1, 0.15) is 0 Å². The van der Waals surface area contributed by atoms with E-state index in [1.54, 1.807) is 0 Å². The smallest absolute Gasteiger partial charge is 0.0807 e. The summed E-state index contributed by atoms with van der Waals surface area (Å²) in [6.07, 6.45) is 7.01. The van der Waals surface area contributed by atoms with Gasteiger partial charge in [0, 0.05) is 29.5 Å². The van der Waals surface area contributed by atoms with Gasteiger partial charge in [0.05, 0.1) is 6.10 Å². The van der Waals surface area contributed by atoms with Gasteiger partial charge in [0.15, 0.2) is 0 Å². The lowest BCUT2D eigenvalue weighted by atomic mass is 9.93. The number of hydrogen-bond donors (Lipinski definition) is 1. The number of hydrogen-bond acceptors (Lipinski definition) is 1. The fourth-order valence-corrected chi connectivity index (χ4v) is 2.74. The molecule has 2 nitrogen and oxygen atoms in total. The Morgan fingerprint density at radius 3 is 2.72 bits per heavy atom. The van der Waals surface area contributed by atoms with Crippen molar-refractivity contribution in [2.75, 3.05) is 0 Å². The third-order valence-electron chi connectivity index (χ3n) is 3.56. The summed E-state index contributed by atoms with van der Waals surface area (Å²) in [5.41, 5.74) is 3.62. The average Bonchev–Trinajstić information content (AvgIpc) is 2.76. The van der Waals surface area contributed by atoms with Crippen molar-refractivity contribution in [2.45, 2.75) is 31.9 Å². The van der Waals surface area contributed by atoms with E-state index in [4.69, 9.17) is 11.6 Å². The van der Waals surface area contributed by atoms with Crippen LogP contribution in [-0.4, -0.2) is 9.67 Å². The predicted octanol–water partition coefficient (Wildman–Crippen LogP) is 3.56. The topological polar surface area (TPSA) is 25.2 Å². The minimum Gasteiger partial charge on any atom is -0.388 e. The van der Waals surface area contributed by atoms with Gasteiger partial charge in [-0.3, -0.25) is 0 Å². The van der Waals surface area contributed by atoms with Crippen LogP contribution in [0.4, 0.5) is 0 Å². The average molecular weight is 262 g/mol. The second kappa shape index (κ2) is 4.79. The number of fused-ring (bicyclic) bond motifs is 1. The molecule has 0 spiro atoms. The number of aromatic nitrogens is 1. The zero-order valence-electron chi connectivity index (χ0n) is 10.1. The monoisotopic (exact) mass is 261 g/mol. The molecule has 1 aliphatic carbocycles. The number of aliphatic hydroxyl groups excluding tert-OH is 1. The Morgan fingerprint density at radius 2 is 2.00 bits per heavy atom. The molecule has 2 aromatic rings. The number of benzene rings is 1. The third-order valence-corrected chi connectivity index (χ3v) is 3.81. The van der Waals surface area contributed by atoms with E-state index in [0.29, 0.717) is 0 Å². The lowest BCUT2D eigenvalue weighted by molar-refractivity contribution is 0.157. The highest BCUT2D eigenvalue weighted by Crippen LogP contribution is 2.30. The zero-order chi connectivity index (χ0) is 12.5. The molecule has 0 bridgehead atoms. The van der Waals surface area contributed by atoms with E-state index in [9.17, 15) is 5.11 Å². The summed E-state index contributed by atoms with van der Waals surface area (Å²) in [4.78, 5) is 0. The summed E-state index contributed by atoms with van der Waals surface area (Å²) in [7, 11) is 0. The number of halogens is 1. The molecule has 0 amide bonds. The Bertz CT molecular complexity index is 544. The Labute approximate surface area is 112 Å². The first kappa shape index (κ1) is 11.8. The van der Waals surface area contributed by atoms with Crippen LogP contribution in [0.2, 0.25) is 5.02 Å². The number of rotatable bonds is 2. The van der Waals surface area contributed by atoms with E-state index in [2.05, 4.69) is 17.0 Å². The molecule has 0 saturated carbocycles. The SMILES string of the molecule is OC1CCCc2cn(Cc3ccc(Cl)cc3)cc21. The van der Waals surface area contributed by atoms with Gasteiger partial charge in [-0.1, -0.05) is 23.7 Å². The molecule has 3 heteroatoms. The van der Waals surface area contributed by atoms with Crippen LogP contribution in [0.25, 0.3) is 0 Å². The fourth-order valence-electron chi connectivity index (χ4n) is 2.62. The highest BCUT2D eigenvalue weighted by molar-refractivity contribution is 6.30. The van der Waals surface area contributed by atoms with Gasteiger partial charge in [-0.2, -0.15) is 0 Å². The van der Waals surface area contributed by atoms with Crippen molar-refractivity contribution in [3.05, 3.63) is 58.4 Å². The van der Waals surface area contributed by atoms with Crippen molar-refractivity contribution in [1.29, 1.82) is 0 Å². The summed E-state index contributed by atoms with van der Waals surface area (Å²) in [5.74, 6) is 0. The minimum absolute atomic E-state index is 0.278. The highest BCUT2D eigenvalue weighted by Gasteiger charge is 2.19. The number of aliphatic hydroxyl groups is 1. The van der Waals surface area contributed by atoms with Crippen LogP contribution in [0.5, 0.6) is 0 Å². The van der Waals surface area contributed by atoms with E-state index in [0.717, 1.165) is 36.4 Å². The van der Waals surface area contributed by atoms with Crippen molar-refractivity contribution in [1.82, 2.24) is 4.57 Å². The molecule has 1 aromatic heterocycles. The Balaban J connectivity index is 1.83. The van der Waals surface area contributed by atoms with Crippen molar-refractivity contribution in [3.63, 3.8) is 0 Å². The maximum absolute atomic E-state index is 9.95. The quantitative estimate of drug-likeness (QED) is 0.879. The van der Waals surface area contributed by atoms with Crippen molar-refractivity contribution in [3.8, 4) is 0 Å². The van der Waals surface area contributed by atoms with E-state index in [-0.39, 0.29) is 6.10 Å². The van der Waals surface area contributed by atoms with Gasteiger partial charge in [-0.05, 0) is 42.5 Å². The lowest BCUT2D eigenvalue weighted by Crippen LogP contribution is -2.05. The summed E-state index contributed by atoms with van der Waals surface area (Å²) in [6, 6.07) is 7.90. The van der Waals surface area contributed by atoms with E-state index in [1.807, 2.05) is 24.3 Å². The summed E-state index contributed by atoms with van der Waals surface area (Å²) in [6.45, 7) is 0.830. The summed E-state index contributed by atoms with van der Waals surface area (Å²) >= 11 is 5.88. The molecule has 0 radical (unpaired) electrons. The molecule has 1 unspecified atom stereocenters. The summed E-state index contributed by atoms with van der Waals surface area (Å²) in [5, 5.41) is 10.7. The zero-order valence-corrected chi connectivity index (χ0v) is 10.9. The first-order valence-electron chi connectivity index (χ1n) is 6.33. The maximum atomic E-state index is 9.95. The molecular weight excluding hydrogens is 246 g/mol. The highest BCUT2D eigenvalue weighted by atomic mass is 35.5. The Hall–Kier alpha value is -1.25. The summed E-state index contributed by atoms with van der Waals surface area (Å²) < 4.78 is 2.16. The van der Waals surface area contributed by atoms with Crippen LogP contribution in [0.1, 0.15) is 35.6 Å². The second-order valence-electron chi connectivity index (χ2n) is 4.95. The Kier molecular flexibility index (Phi) is 3.14. The number of aryl methyl sites for hydroxylation is 1. The Morgan fingerprint density at radius 1 is 1.22 bits per heavy atom. The van der Waals surface area contributed by atoms with E-state index >= 15 is 0 Å². The van der Waals surface area contributed by atoms with Gasteiger partial charge in [-0.15, -0.1) is 0 Å². The van der Waals surface area contributed by atoms with Crippen LogP contribution in [0, 0.1) is 0 Å². The van der Waals surface area contributed by atoms with Crippen molar-refractivity contribution >= 4 is 11.6 Å². The minimum atomic E-state index is -0.278. The number of nitrogens with zero attached hydrogens (tertiary/aromatic N) is 1. The van der Waals surface area contributed by atoms with Crippen LogP contribution < -0.4 is 0 Å². The largest absolute Gasteiger partial charge is 0.388 e. The van der Waals surface area contributed by atoms with Crippen LogP contribution in [-0.2, 0) is 13.0 Å². The van der Waals surface area contributed by atoms with Gasteiger partial charge >= 0.3 is 0 Å². The first-order valence-corrected chi connectivity index (χ1v) is 6.71. The van der Waals surface area contributed by atoms with Crippen molar-refractivity contribution < 1.29 is 5.11 Å². The maximum Gasteiger partial charge on any atom is 0.0807 e. The van der Waals surface area contributed by atoms with Gasteiger partial charge in [0.25, 0.3) is 0 Å². The van der Waals surface area contributed by atoms with Crippen LogP contribution >= 0.6 is 11.6 Å². The van der Waals surface area contributed by atoms with Gasteiger partial charge in [-0.25, -0.2) is 0 Å². The molecule has 18 heavy (non-hydrogen) atoms. The molecule has 0 aliphatic heterocycles. The predicted molar refractivity (Wildman–Crippen MR) is 72.9 cm³/mol.